The van der Waals surface area contributed by atoms with Crippen LogP contribution in [0.5, 0.6) is 0 Å². The number of thioether (sulfide) groups is 3. The van der Waals surface area contributed by atoms with Gasteiger partial charge in [0.25, 0.3) is 0 Å². The van der Waals surface area contributed by atoms with Gasteiger partial charge >= 0.3 is 0 Å². The highest BCUT2D eigenvalue weighted by molar-refractivity contribution is 8.03. The van der Waals surface area contributed by atoms with Crippen molar-refractivity contribution in [2.75, 3.05) is 17.3 Å². The van der Waals surface area contributed by atoms with Gasteiger partial charge in [0.1, 0.15) is 0 Å². The van der Waals surface area contributed by atoms with Crippen LogP contribution in [-0.2, 0) is 0 Å². The fraction of sp³-hybridized carbons (Fsp3) is 0.924. The third-order valence-electron chi connectivity index (χ3n) is 18.4. The van der Waals surface area contributed by atoms with E-state index in [-0.39, 0.29) is 0 Å². The lowest BCUT2D eigenvalue weighted by Crippen LogP contribution is -1.92. The Morgan fingerprint density at radius 1 is 0.183 bits per heavy atom. The first-order chi connectivity index (χ1) is 40.7. The molecule has 0 aliphatic carbocycles. The van der Waals surface area contributed by atoms with E-state index >= 15 is 0 Å². The summed E-state index contributed by atoms with van der Waals surface area (Å²) in [6.07, 6.45) is 96.5. The van der Waals surface area contributed by atoms with Crippen LogP contribution in [0.2, 0.25) is 0 Å². The van der Waals surface area contributed by atoms with Crippen molar-refractivity contribution in [3.63, 3.8) is 0 Å². The third-order valence-corrected chi connectivity index (χ3v) is 22.2. The second-order valence-corrected chi connectivity index (χ2v) is 30.3. The maximum atomic E-state index is 2.55. The summed E-state index contributed by atoms with van der Waals surface area (Å²) in [6, 6.07) is 5.10. The molecule has 0 radical (unpaired) electrons. The molecule has 0 saturated carbocycles. The second kappa shape index (κ2) is 70.4. The molecule has 0 bridgehead atoms. The Bertz CT molecular complexity index is 1250. The predicted octanol–water partition coefficient (Wildman–Crippen LogP) is 31.1. The smallest absolute Gasteiger partial charge is 0.0344 e. The normalized spacial score (nSPS) is 11.8. The van der Waals surface area contributed by atoms with Gasteiger partial charge in [-0.3, -0.25) is 0 Å². The lowest BCUT2D eigenvalue weighted by Gasteiger charge is -2.16. The molecule has 82 heavy (non-hydrogen) atoms. The van der Waals surface area contributed by atoms with Crippen molar-refractivity contribution >= 4 is 35.3 Å². The van der Waals surface area contributed by atoms with E-state index in [1.165, 1.54) is 447 Å². The molecule has 486 valence electrons. The molecule has 0 aromatic heterocycles. The zero-order valence-corrected chi connectivity index (χ0v) is 59.6. The highest BCUT2D eigenvalue weighted by Gasteiger charge is 2.13. The van der Waals surface area contributed by atoms with Gasteiger partial charge in [0.15, 0.2) is 0 Å². The molecule has 0 amide bonds. The largest absolute Gasteiger partial charge is 0.125 e. The Hall–Kier alpha value is 0.270. The lowest BCUT2D eigenvalue weighted by atomic mass is 10.0. The van der Waals surface area contributed by atoms with E-state index in [2.05, 4.69) is 75.1 Å². The van der Waals surface area contributed by atoms with E-state index < -0.39 is 0 Å². The maximum absolute atomic E-state index is 2.55. The Morgan fingerprint density at radius 2 is 0.317 bits per heavy atom. The molecular weight excluding hydrogens is 1050 g/mol. The van der Waals surface area contributed by atoms with Gasteiger partial charge in [0.05, 0.1) is 0 Å². The number of unbranched alkanes of at least 4 members (excludes halogenated alkanes) is 63. The van der Waals surface area contributed by atoms with Crippen molar-refractivity contribution in [3.8, 4) is 0 Å². The predicted molar refractivity (Wildman–Crippen MR) is 385 cm³/mol. The quantitative estimate of drug-likeness (QED) is 0.0471. The zero-order valence-electron chi connectivity index (χ0n) is 57.2. The third kappa shape index (κ3) is 60.6. The van der Waals surface area contributed by atoms with Crippen LogP contribution in [0.15, 0.2) is 26.8 Å². The average Bonchev–Trinajstić information content (AvgIpc) is 3.50. The van der Waals surface area contributed by atoms with E-state index in [0.717, 1.165) is 0 Å². The number of benzene rings is 1. The molecule has 0 N–H and O–H groups in total. The van der Waals surface area contributed by atoms with Crippen LogP contribution < -0.4 is 0 Å². The van der Waals surface area contributed by atoms with Gasteiger partial charge in [-0.05, 0) is 61.1 Å². The number of hydrogen-bond donors (Lipinski definition) is 0. The molecule has 0 heterocycles. The molecule has 0 spiro atoms. The van der Waals surface area contributed by atoms with Crippen molar-refractivity contribution in [1.29, 1.82) is 0 Å². The Balaban J connectivity index is 2.29. The lowest BCUT2D eigenvalue weighted by molar-refractivity contribution is 0.520. The molecule has 0 aliphatic heterocycles. The minimum Gasteiger partial charge on any atom is -0.125 e. The fourth-order valence-electron chi connectivity index (χ4n) is 12.7. The van der Waals surface area contributed by atoms with Gasteiger partial charge in [-0.2, -0.15) is 0 Å². The molecule has 1 aromatic carbocycles. The van der Waals surface area contributed by atoms with Gasteiger partial charge in [0, 0.05) is 14.7 Å². The SMILES string of the molecule is CCCCCCCCCCCCCCCCCCCCCCCCSc1cc(C)cc(SCCCCCCCCCCCCCCCCCCCCCCCC)c1SCCCCCCCCCCCCCCCCCCCCCCCC. The molecule has 0 fully saturated rings. The zero-order chi connectivity index (χ0) is 58.6. The number of aryl methyl sites for hydroxylation is 1. The summed E-state index contributed by atoms with van der Waals surface area (Å²) in [5, 5.41) is 0. The van der Waals surface area contributed by atoms with Crippen molar-refractivity contribution in [3.05, 3.63) is 17.7 Å². The molecule has 0 saturated heterocycles. The van der Waals surface area contributed by atoms with E-state index in [1.807, 2.05) is 0 Å². The topological polar surface area (TPSA) is 0 Å². The first-order valence-electron chi connectivity index (χ1n) is 38.8. The van der Waals surface area contributed by atoms with E-state index in [1.54, 1.807) is 14.7 Å². The van der Waals surface area contributed by atoms with Crippen molar-refractivity contribution in [1.82, 2.24) is 0 Å². The van der Waals surface area contributed by atoms with E-state index in [9.17, 15) is 0 Å². The summed E-state index contributed by atoms with van der Waals surface area (Å²) < 4.78 is 0. The van der Waals surface area contributed by atoms with Crippen molar-refractivity contribution < 1.29 is 0 Å². The summed E-state index contributed by atoms with van der Waals surface area (Å²) >= 11 is 6.60. The Labute approximate surface area is 532 Å². The first kappa shape index (κ1) is 80.3. The van der Waals surface area contributed by atoms with Gasteiger partial charge in [-0.25, -0.2) is 0 Å². The minimum absolute atomic E-state index is 1.29. The Morgan fingerprint density at radius 3 is 0.476 bits per heavy atom. The second-order valence-electron chi connectivity index (χ2n) is 26.9. The average molecular weight is 1200 g/mol. The molecule has 0 aliphatic rings. The molecule has 0 nitrogen and oxygen atoms in total. The summed E-state index contributed by atoms with van der Waals surface area (Å²) in [7, 11) is 0. The molecule has 3 heteroatoms. The summed E-state index contributed by atoms with van der Waals surface area (Å²) in [5.41, 5.74) is 1.47. The van der Waals surface area contributed by atoms with E-state index in [4.69, 9.17) is 0 Å². The van der Waals surface area contributed by atoms with Crippen molar-refractivity contribution in [2.45, 2.75) is 466 Å². The van der Waals surface area contributed by atoms with E-state index in [0.29, 0.717) is 0 Å². The van der Waals surface area contributed by atoms with Crippen LogP contribution in [0.3, 0.4) is 0 Å². The Kier molecular flexibility index (Phi) is 68.9. The monoisotopic (exact) mass is 1200 g/mol. The molecule has 1 rings (SSSR count). The van der Waals surface area contributed by atoms with Crippen molar-refractivity contribution in [2.24, 2.45) is 0 Å². The first-order valence-corrected chi connectivity index (χ1v) is 41.7. The molecule has 1 aromatic rings. The molecular formula is C79H152S3. The fourth-order valence-corrected chi connectivity index (χ4v) is 16.6. The molecule has 0 unspecified atom stereocenters. The summed E-state index contributed by atoms with van der Waals surface area (Å²) in [5.74, 6) is 3.88. The molecule has 0 atom stereocenters. The summed E-state index contributed by atoms with van der Waals surface area (Å²) in [4.78, 5) is 4.84. The number of hydrogen-bond acceptors (Lipinski definition) is 3. The van der Waals surface area contributed by atoms with Crippen LogP contribution in [0, 0.1) is 6.92 Å². The van der Waals surface area contributed by atoms with Crippen LogP contribution in [-0.4, -0.2) is 17.3 Å². The minimum atomic E-state index is 1.29. The highest BCUT2D eigenvalue weighted by atomic mass is 32.2. The maximum Gasteiger partial charge on any atom is 0.0344 e. The van der Waals surface area contributed by atoms with Crippen LogP contribution in [0.1, 0.15) is 450 Å². The van der Waals surface area contributed by atoms with Gasteiger partial charge in [-0.15, -0.1) is 35.3 Å². The van der Waals surface area contributed by atoms with Crippen LogP contribution >= 0.6 is 35.3 Å². The number of rotatable bonds is 72. The summed E-state index contributed by atoms with van der Waals surface area (Å²) in [6.45, 7) is 9.32. The van der Waals surface area contributed by atoms with Gasteiger partial charge < -0.3 is 0 Å². The standard InChI is InChI=1S/C79H152S3/c1-5-8-11-14-17-20-23-26-29-32-35-38-41-44-47-50-53-56-59-62-65-68-71-80-77-74-76(4)75-78(81-72-69-66-63-60-57-54-51-48-45-42-39-36-33-30-27-24-21-18-15-12-9-6-2)79(77)82-73-70-67-64-61-58-55-52-49-46-43-40-37-34-31-28-25-22-19-16-13-10-7-3/h74-75H,5-73H2,1-4H3. The van der Waals surface area contributed by atoms with Gasteiger partial charge in [-0.1, -0.05) is 425 Å². The van der Waals surface area contributed by atoms with Gasteiger partial charge in [0.2, 0.25) is 0 Å². The highest BCUT2D eigenvalue weighted by Crippen LogP contribution is 2.41. The van der Waals surface area contributed by atoms with Crippen LogP contribution in [0.25, 0.3) is 0 Å². The van der Waals surface area contributed by atoms with Crippen LogP contribution in [0.4, 0.5) is 0 Å².